The third kappa shape index (κ3) is 4.57. The van der Waals surface area contributed by atoms with Crippen molar-refractivity contribution in [3.63, 3.8) is 0 Å². The highest BCUT2D eigenvalue weighted by Gasteiger charge is 2.08. The van der Waals surface area contributed by atoms with Crippen LogP contribution in [0.15, 0.2) is 60.7 Å². The molecule has 1 aromatic heterocycles. The summed E-state index contributed by atoms with van der Waals surface area (Å²) < 4.78 is 5.14. The lowest BCUT2D eigenvalue weighted by molar-refractivity contribution is 0.102. The first-order valence-corrected chi connectivity index (χ1v) is 8.22. The molecule has 0 unspecified atom stereocenters. The van der Waals surface area contributed by atoms with Gasteiger partial charge in [0.15, 0.2) is 5.69 Å². The van der Waals surface area contributed by atoms with Crippen LogP contribution in [0.2, 0.25) is 0 Å². The number of nitrogens with zero attached hydrogens (tertiary/aromatic N) is 2. The summed E-state index contributed by atoms with van der Waals surface area (Å²) in [6.07, 6.45) is 0. The topological polar surface area (TPSA) is 76.1 Å². The molecule has 0 atom stereocenters. The van der Waals surface area contributed by atoms with Crippen LogP contribution in [0, 0.1) is 6.92 Å². The van der Waals surface area contributed by atoms with Crippen molar-refractivity contribution in [2.24, 2.45) is 0 Å². The molecule has 0 aliphatic carbocycles. The number of carbonyl (C=O) groups is 1. The average molecular weight is 348 g/mol. The molecule has 0 radical (unpaired) electrons. The number of hydrogen-bond acceptors (Lipinski definition) is 5. The Labute approximate surface area is 152 Å². The Bertz CT molecular complexity index is 860. The molecule has 1 heterocycles. The van der Waals surface area contributed by atoms with Crippen molar-refractivity contribution in [2.45, 2.75) is 13.5 Å². The van der Waals surface area contributed by atoms with Gasteiger partial charge in [0.2, 0.25) is 0 Å². The third-order valence-electron chi connectivity index (χ3n) is 3.84. The van der Waals surface area contributed by atoms with Crippen LogP contribution in [0.25, 0.3) is 0 Å². The molecule has 6 nitrogen and oxygen atoms in total. The maximum atomic E-state index is 12.2. The Morgan fingerprint density at radius 3 is 2.31 bits per heavy atom. The summed E-state index contributed by atoms with van der Waals surface area (Å²) in [5.41, 5.74) is 3.22. The standard InChI is InChI=1S/C20H20N4O2/c1-14-3-7-16(8-4-14)22-20(25)18-11-12-19(24-23-18)21-13-15-5-9-17(26-2)10-6-15/h3-12H,13H2,1-2H3,(H,21,24)(H,22,25). The lowest BCUT2D eigenvalue weighted by Crippen LogP contribution is -2.14. The van der Waals surface area contributed by atoms with E-state index in [-0.39, 0.29) is 11.6 Å². The van der Waals surface area contributed by atoms with E-state index in [0.717, 1.165) is 22.6 Å². The number of aryl methyl sites for hydroxylation is 1. The zero-order chi connectivity index (χ0) is 18.4. The van der Waals surface area contributed by atoms with Crippen molar-refractivity contribution in [3.05, 3.63) is 77.5 Å². The summed E-state index contributed by atoms with van der Waals surface area (Å²) in [6.45, 7) is 2.60. The van der Waals surface area contributed by atoms with Gasteiger partial charge in [-0.3, -0.25) is 4.79 Å². The van der Waals surface area contributed by atoms with Gasteiger partial charge in [-0.1, -0.05) is 29.8 Å². The van der Waals surface area contributed by atoms with Crippen LogP contribution in [0.5, 0.6) is 5.75 Å². The summed E-state index contributed by atoms with van der Waals surface area (Å²) in [4.78, 5) is 12.2. The molecule has 2 aromatic carbocycles. The van der Waals surface area contributed by atoms with Gasteiger partial charge in [0.1, 0.15) is 11.6 Å². The smallest absolute Gasteiger partial charge is 0.276 e. The van der Waals surface area contributed by atoms with Gasteiger partial charge in [-0.25, -0.2) is 0 Å². The Morgan fingerprint density at radius 1 is 0.962 bits per heavy atom. The van der Waals surface area contributed by atoms with Crippen LogP contribution < -0.4 is 15.4 Å². The molecule has 6 heteroatoms. The minimum absolute atomic E-state index is 0.264. The Kier molecular flexibility index (Phi) is 5.43. The molecule has 2 N–H and O–H groups in total. The second-order valence-corrected chi connectivity index (χ2v) is 5.83. The maximum Gasteiger partial charge on any atom is 0.276 e. The SMILES string of the molecule is COc1ccc(CNc2ccc(C(=O)Nc3ccc(C)cc3)nn2)cc1. The lowest BCUT2D eigenvalue weighted by atomic mass is 10.2. The summed E-state index contributed by atoms with van der Waals surface area (Å²) >= 11 is 0. The molecule has 3 rings (SSSR count). The van der Waals surface area contributed by atoms with Gasteiger partial charge in [0.05, 0.1) is 7.11 Å². The largest absolute Gasteiger partial charge is 0.497 e. The van der Waals surface area contributed by atoms with E-state index in [1.165, 1.54) is 0 Å². The number of nitrogens with one attached hydrogen (secondary N) is 2. The van der Waals surface area contributed by atoms with Crippen LogP contribution in [0.4, 0.5) is 11.5 Å². The van der Waals surface area contributed by atoms with E-state index in [4.69, 9.17) is 4.74 Å². The predicted molar refractivity (Wildman–Crippen MR) is 101 cm³/mol. The van der Waals surface area contributed by atoms with E-state index in [9.17, 15) is 4.79 Å². The Balaban J connectivity index is 1.56. The van der Waals surface area contributed by atoms with Gasteiger partial charge >= 0.3 is 0 Å². The summed E-state index contributed by atoms with van der Waals surface area (Å²) in [5, 5.41) is 14.0. The van der Waals surface area contributed by atoms with Gasteiger partial charge in [0.25, 0.3) is 5.91 Å². The van der Waals surface area contributed by atoms with E-state index in [1.54, 1.807) is 19.2 Å². The molecular weight excluding hydrogens is 328 g/mol. The number of ether oxygens (including phenoxy) is 1. The van der Waals surface area contributed by atoms with Gasteiger partial charge < -0.3 is 15.4 Å². The minimum Gasteiger partial charge on any atom is -0.497 e. The zero-order valence-corrected chi connectivity index (χ0v) is 14.7. The molecule has 0 bridgehead atoms. The molecule has 0 spiro atoms. The number of carbonyl (C=O) groups excluding carboxylic acids is 1. The summed E-state index contributed by atoms with van der Waals surface area (Å²) in [5.74, 6) is 1.13. The van der Waals surface area contributed by atoms with E-state index < -0.39 is 0 Å². The number of rotatable bonds is 6. The number of hydrogen-bond donors (Lipinski definition) is 2. The fraction of sp³-hybridized carbons (Fsp3) is 0.150. The highest BCUT2D eigenvalue weighted by molar-refractivity contribution is 6.02. The van der Waals surface area contributed by atoms with Crippen molar-refractivity contribution in [1.82, 2.24) is 10.2 Å². The Morgan fingerprint density at radius 2 is 1.69 bits per heavy atom. The molecule has 132 valence electrons. The normalized spacial score (nSPS) is 10.2. The first-order valence-electron chi connectivity index (χ1n) is 8.22. The predicted octanol–water partition coefficient (Wildman–Crippen LogP) is 3.66. The van der Waals surface area contributed by atoms with E-state index in [0.29, 0.717) is 12.4 Å². The summed E-state index contributed by atoms with van der Waals surface area (Å²) in [6, 6.07) is 18.7. The molecule has 0 aliphatic rings. The molecule has 0 fully saturated rings. The van der Waals surface area contributed by atoms with E-state index >= 15 is 0 Å². The first kappa shape index (κ1) is 17.4. The first-order chi connectivity index (χ1) is 12.6. The van der Waals surface area contributed by atoms with Gasteiger partial charge in [-0.15, -0.1) is 10.2 Å². The molecule has 1 amide bonds. The summed E-state index contributed by atoms with van der Waals surface area (Å²) in [7, 11) is 1.64. The number of anilines is 2. The van der Waals surface area contributed by atoms with Gasteiger partial charge in [-0.2, -0.15) is 0 Å². The third-order valence-corrected chi connectivity index (χ3v) is 3.84. The number of aromatic nitrogens is 2. The second-order valence-electron chi connectivity index (χ2n) is 5.83. The average Bonchev–Trinajstić information content (AvgIpc) is 2.69. The highest BCUT2D eigenvalue weighted by atomic mass is 16.5. The van der Waals surface area contributed by atoms with Gasteiger partial charge in [-0.05, 0) is 48.9 Å². The van der Waals surface area contributed by atoms with Crippen molar-refractivity contribution >= 4 is 17.4 Å². The van der Waals surface area contributed by atoms with Crippen molar-refractivity contribution in [1.29, 1.82) is 0 Å². The zero-order valence-electron chi connectivity index (χ0n) is 14.7. The van der Waals surface area contributed by atoms with Gasteiger partial charge in [0, 0.05) is 12.2 Å². The Hall–Kier alpha value is -3.41. The maximum absolute atomic E-state index is 12.2. The molecule has 0 saturated carbocycles. The molecule has 3 aromatic rings. The molecular formula is C20H20N4O2. The number of benzene rings is 2. The highest BCUT2D eigenvalue weighted by Crippen LogP contribution is 2.13. The van der Waals surface area contributed by atoms with Crippen LogP contribution in [0.3, 0.4) is 0 Å². The quantitative estimate of drug-likeness (QED) is 0.711. The number of amides is 1. The number of methoxy groups -OCH3 is 1. The van der Waals surface area contributed by atoms with Crippen LogP contribution in [-0.2, 0) is 6.54 Å². The fourth-order valence-corrected chi connectivity index (χ4v) is 2.32. The van der Waals surface area contributed by atoms with Crippen molar-refractivity contribution in [3.8, 4) is 5.75 Å². The van der Waals surface area contributed by atoms with Crippen LogP contribution >= 0.6 is 0 Å². The monoisotopic (exact) mass is 348 g/mol. The van der Waals surface area contributed by atoms with Crippen LogP contribution in [-0.4, -0.2) is 23.2 Å². The van der Waals surface area contributed by atoms with E-state index in [2.05, 4.69) is 20.8 Å². The van der Waals surface area contributed by atoms with Crippen LogP contribution in [0.1, 0.15) is 21.6 Å². The van der Waals surface area contributed by atoms with E-state index in [1.807, 2.05) is 55.5 Å². The van der Waals surface area contributed by atoms with Crippen molar-refractivity contribution in [2.75, 3.05) is 17.7 Å². The molecule has 0 aliphatic heterocycles. The fourth-order valence-electron chi connectivity index (χ4n) is 2.32. The lowest BCUT2D eigenvalue weighted by Gasteiger charge is -2.07. The second kappa shape index (κ2) is 8.11. The van der Waals surface area contributed by atoms with Crippen molar-refractivity contribution < 1.29 is 9.53 Å². The molecule has 26 heavy (non-hydrogen) atoms. The minimum atomic E-state index is -0.289. The molecule has 0 saturated heterocycles.